The number of hydrogen-bond donors (Lipinski definition) is 1. The summed E-state index contributed by atoms with van der Waals surface area (Å²) in [5, 5.41) is 6.58. The Labute approximate surface area is 167 Å². The number of anilines is 1. The van der Waals surface area contributed by atoms with Crippen LogP contribution in [-0.4, -0.2) is 35.4 Å². The molecule has 0 radical (unpaired) electrons. The van der Waals surface area contributed by atoms with Crippen LogP contribution < -0.4 is 14.8 Å². The number of aryl methyl sites for hydroxylation is 1. The molecule has 0 saturated heterocycles. The summed E-state index contributed by atoms with van der Waals surface area (Å²) < 4.78 is 22.6. The number of nitrogens with one attached hydrogen (secondary N) is 1. The first-order valence-corrected chi connectivity index (χ1v) is 8.87. The molecule has 3 rings (SSSR count). The van der Waals surface area contributed by atoms with Crippen molar-refractivity contribution in [1.29, 1.82) is 0 Å². The number of aromatic nitrogens is 2. The van der Waals surface area contributed by atoms with E-state index in [0.717, 1.165) is 5.75 Å². The molecule has 152 valence electrons. The highest BCUT2D eigenvalue weighted by Crippen LogP contribution is 2.20. The summed E-state index contributed by atoms with van der Waals surface area (Å²) >= 11 is 0. The number of hydrogen-bond acceptors (Lipinski definition) is 7. The van der Waals surface area contributed by atoms with E-state index < -0.39 is 11.9 Å². The van der Waals surface area contributed by atoms with E-state index in [1.54, 1.807) is 25.2 Å². The molecule has 29 heavy (non-hydrogen) atoms. The van der Waals surface area contributed by atoms with Crippen molar-refractivity contribution in [3.05, 3.63) is 59.8 Å². The van der Waals surface area contributed by atoms with Crippen molar-refractivity contribution in [3.8, 4) is 11.5 Å². The first-order valence-electron chi connectivity index (χ1n) is 8.87. The Kier molecular flexibility index (Phi) is 6.18. The van der Waals surface area contributed by atoms with E-state index in [0.29, 0.717) is 18.1 Å². The summed E-state index contributed by atoms with van der Waals surface area (Å²) in [4.78, 5) is 24.2. The maximum Gasteiger partial charge on any atom is 0.360 e. The monoisotopic (exact) mass is 399 g/mol. The number of methoxy groups -OCH3 is 1. The Morgan fingerprint density at radius 2 is 1.79 bits per heavy atom. The Hall–Kier alpha value is -3.75. The molecule has 3 aromatic rings. The van der Waals surface area contributed by atoms with E-state index in [9.17, 15) is 9.59 Å². The number of ether oxygens (including phenoxy) is 3. The van der Waals surface area contributed by atoms with Gasteiger partial charge in [-0.1, -0.05) is 0 Å². The first-order chi connectivity index (χ1) is 14.0. The normalized spacial score (nSPS) is 10.4. The molecule has 0 aliphatic carbocycles. The second-order valence-electron chi connectivity index (χ2n) is 5.97. The van der Waals surface area contributed by atoms with Crippen molar-refractivity contribution >= 4 is 17.6 Å². The molecule has 9 heteroatoms. The highest BCUT2D eigenvalue weighted by Gasteiger charge is 2.20. The van der Waals surface area contributed by atoms with Gasteiger partial charge in [-0.2, -0.15) is 5.10 Å². The minimum atomic E-state index is -0.648. The smallest absolute Gasteiger partial charge is 0.360 e. The first kappa shape index (κ1) is 20.0. The lowest BCUT2D eigenvalue weighted by molar-refractivity contribution is 0.0594. The van der Waals surface area contributed by atoms with Crippen LogP contribution in [-0.2, 0) is 18.4 Å². The molecule has 1 N–H and O–H groups in total. The molecule has 9 nitrogen and oxygen atoms in total. The summed E-state index contributed by atoms with van der Waals surface area (Å²) in [6, 6.07) is 10.4. The third kappa shape index (κ3) is 4.95. The molecule has 2 aromatic heterocycles. The molecule has 0 spiro atoms. The van der Waals surface area contributed by atoms with Crippen molar-refractivity contribution in [2.24, 2.45) is 7.05 Å². The minimum Gasteiger partial charge on any atom is -0.494 e. The van der Waals surface area contributed by atoms with Crippen molar-refractivity contribution in [3.63, 3.8) is 0 Å². The molecule has 0 bridgehead atoms. The lowest BCUT2D eigenvalue weighted by atomic mass is 10.3. The summed E-state index contributed by atoms with van der Waals surface area (Å²) in [7, 11) is 2.87. The van der Waals surface area contributed by atoms with Gasteiger partial charge in [-0.15, -0.1) is 0 Å². The molecule has 0 saturated carbocycles. The average Bonchev–Trinajstić information content (AvgIpc) is 3.34. The van der Waals surface area contributed by atoms with Gasteiger partial charge in [-0.05, 0) is 43.3 Å². The molecular formula is C20H21N3O6. The Balaban J connectivity index is 1.61. The zero-order valence-corrected chi connectivity index (χ0v) is 16.3. The lowest BCUT2D eigenvalue weighted by Gasteiger charge is -2.06. The fourth-order valence-electron chi connectivity index (χ4n) is 2.54. The van der Waals surface area contributed by atoms with Gasteiger partial charge >= 0.3 is 5.97 Å². The second kappa shape index (κ2) is 8.96. The quantitative estimate of drug-likeness (QED) is 0.581. The summed E-state index contributed by atoms with van der Waals surface area (Å²) in [6.07, 6.45) is 1.50. The molecule has 0 atom stereocenters. The van der Waals surface area contributed by atoms with Gasteiger partial charge in [-0.3, -0.25) is 9.48 Å². The van der Waals surface area contributed by atoms with Gasteiger partial charge in [0.05, 0.1) is 19.4 Å². The highest BCUT2D eigenvalue weighted by atomic mass is 16.5. The van der Waals surface area contributed by atoms with Crippen LogP contribution in [0.15, 0.2) is 47.0 Å². The maximum atomic E-state index is 12.4. The summed E-state index contributed by atoms with van der Waals surface area (Å²) in [6.45, 7) is 2.67. The zero-order chi connectivity index (χ0) is 20.8. The van der Waals surface area contributed by atoms with Gasteiger partial charge in [0.2, 0.25) is 0 Å². The third-order valence-corrected chi connectivity index (χ3v) is 3.86. The Morgan fingerprint density at radius 1 is 1.10 bits per heavy atom. The van der Waals surface area contributed by atoms with E-state index in [4.69, 9.17) is 13.9 Å². The standard InChI is InChI=1S/C20H21N3O6/c1-4-27-13-5-7-14(8-6-13)28-12-15-9-10-17(29-15)19(24)21-16-11-23(2)22-18(16)20(25)26-3/h5-11H,4,12H2,1-3H3,(H,21,24). The largest absolute Gasteiger partial charge is 0.494 e. The predicted molar refractivity (Wildman–Crippen MR) is 103 cm³/mol. The molecular weight excluding hydrogens is 378 g/mol. The van der Waals surface area contributed by atoms with E-state index in [2.05, 4.69) is 15.2 Å². The molecule has 0 unspecified atom stereocenters. The van der Waals surface area contributed by atoms with Crippen LogP contribution in [0.3, 0.4) is 0 Å². The van der Waals surface area contributed by atoms with Crippen LogP contribution in [0.5, 0.6) is 11.5 Å². The van der Waals surface area contributed by atoms with Crippen LogP contribution in [0.1, 0.15) is 33.7 Å². The minimum absolute atomic E-state index is 0.00830. The molecule has 0 aliphatic rings. The second-order valence-corrected chi connectivity index (χ2v) is 5.97. The number of furan rings is 1. The average molecular weight is 399 g/mol. The third-order valence-electron chi connectivity index (χ3n) is 3.86. The molecule has 1 aromatic carbocycles. The van der Waals surface area contributed by atoms with Gasteiger partial charge in [0.1, 0.15) is 23.9 Å². The summed E-state index contributed by atoms with van der Waals surface area (Å²) in [5.41, 5.74) is 0.238. The van der Waals surface area contributed by atoms with Crippen molar-refractivity contribution in [1.82, 2.24) is 9.78 Å². The number of benzene rings is 1. The van der Waals surface area contributed by atoms with Gasteiger partial charge in [-0.25, -0.2) is 4.79 Å². The molecule has 0 fully saturated rings. The van der Waals surface area contributed by atoms with Gasteiger partial charge in [0.25, 0.3) is 5.91 Å². The number of amides is 1. The van der Waals surface area contributed by atoms with Crippen LogP contribution in [0, 0.1) is 0 Å². The molecule has 2 heterocycles. The number of esters is 1. The van der Waals surface area contributed by atoms with Gasteiger partial charge in [0.15, 0.2) is 11.5 Å². The number of carbonyl (C=O) groups is 2. The molecule has 1 amide bonds. The number of carbonyl (C=O) groups excluding carboxylic acids is 2. The fraction of sp³-hybridized carbons (Fsp3) is 0.250. The fourth-order valence-corrected chi connectivity index (χ4v) is 2.54. The SMILES string of the molecule is CCOc1ccc(OCc2ccc(C(=O)Nc3cn(C)nc3C(=O)OC)o2)cc1. The number of rotatable bonds is 8. The van der Waals surface area contributed by atoms with E-state index >= 15 is 0 Å². The van der Waals surface area contributed by atoms with Gasteiger partial charge in [0, 0.05) is 13.2 Å². The Morgan fingerprint density at radius 3 is 2.45 bits per heavy atom. The zero-order valence-electron chi connectivity index (χ0n) is 16.3. The number of nitrogens with zero attached hydrogens (tertiary/aromatic N) is 2. The van der Waals surface area contributed by atoms with E-state index in [-0.39, 0.29) is 23.7 Å². The predicted octanol–water partition coefficient (Wildman–Crippen LogP) is 3.03. The van der Waals surface area contributed by atoms with Gasteiger partial charge < -0.3 is 23.9 Å². The van der Waals surface area contributed by atoms with Crippen LogP contribution in [0.2, 0.25) is 0 Å². The molecule has 0 aliphatic heterocycles. The Bertz CT molecular complexity index is 990. The van der Waals surface area contributed by atoms with Crippen LogP contribution in [0.4, 0.5) is 5.69 Å². The van der Waals surface area contributed by atoms with Crippen LogP contribution >= 0.6 is 0 Å². The summed E-state index contributed by atoms with van der Waals surface area (Å²) in [5.74, 6) is 0.797. The van der Waals surface area contributed by atoms with Crippen molar-refractivity contribution < 1.29 is 28.2 Å². The van der Waals surface area contributed by atoms with E-state index in [1.807, 2.05) is 19.1 Å². The van der Waals surface area contributed by atoms with Crippen LogP contribution in [0.25, 0.3) is 0 Å². The van der Waals surface area contributed by atoms with E-state index in [1.165, 1.54) is 24.1 Å². The van der Waals surface area contributed by atoms with Crippen molar-refractivity contribution in [2.45, 2.75) is 13.5 Å². The highest BCUT2D eigenvalue weighted by molar-refractivity contribution is 6.05. The van der Waals surface area contributed by atoms with Crippen molar-refractivity contribution in [2.75, 3.05) is 19.0 Å². The maximum absolute atomic E-state index is 12.4. The lowest BCUT2D eigenvalue weighted by Crippen LogP contribution is -2.14. The topological polar surface area (TPSA) is 105 Å².